The van der Waals surface area contributed by atoms with E-state index in [4.69, 9.17) is 0 Å². The van der Waals surface area contributed by atoms with Crippen molar-refractivity contribution in [1.82, 2.24) is 20.6 Å². The summed E-state index contributed by atoms with van der Waals surface area (Å²) in [5.41, 5.74) is 4.65. The first-order valence-electron chi connectivity index (χ1n) is 9.05. The van der Waals surface area contributed by atoms with Crippen LogP contribution in [-0.2, 0) is 10.5 Å². The standard InChI is InChI=1S/C21H17N5OS3/c27-19(24-23-12-15-8-10-22-11-9-15)14-29-21-26-25-20(30-21)28-13-17-6-3-5-16-4-1-2-7-18(16)17/h1-12H,13-14H2,(H,24,27)/b23-12+. The number of pyridine rings is 1. The lowest BCUT2D eigenvalue weighted by Crippen LogP contribution is -2.19. The Bertz CT molecular complexity index is 1160. The molecule has 30 heavy (non-hydrogen) atoms. The van der Waals surface area contributed by atoms with Gasteiger partial charge in [-0.25, -0.2) is 5.43 Å². The van der Waals surface area contributed by atoms with E-state index >= 15 is 0 Å². The topological polar surface area (TPSA) is 80.1 Å². The summed E-state index contributed by atoms with van der Waals surface area (Å²) >= 11 is 4.51. The van der Waals surface area contributed by atoms with Crippen molar-refractivity contribution in [2.24, 2.45) is 5.10 Å². The molecule has 0 unspecified atom stereocenters. The second-order valence-electron chi connectivity index (χ2n) is 6.12. The average molecular weight is 452 g/mol. The number of carbonyl (C=O) groups excluding carboxylic acids is 1. The van der Waals surface area contributed by atoms with Crippen LogP contribution in [0.5, 0.6) is 0 Å². The first-order valence-corrected chi connectivity index (χ1v) is 11.8. The van der Waals surface area contributed by atoms with E-state index in [1.807, 2.05) is 18.2 Å². The minimum Gasteiger partial charge on any atom is -0.272 e. The molecule has 0 spiro atoms. The summed E-state index contributed by atoms with van der Waals surface area (Å²) in [7, 11) is 0. The van der Waals surface area contributed by atoms with E-state index in [0.29, 0.717) is 0 Å². The summed E-state index contributed by atoms with van der Waals surface area (Å²) in [6.07, 6.45) is 4.92. The Kier molecular flexibility index (Phi) is 7.07. The number of hydrogen-bond donors (Lipinski definition) is 1. The number of hydrazone groups is 1. The molecule has 2 heterocycles. The molecule has 0 aliphatic rings. The quantitative estimate of drug-likeness (QED) is 0.239. The zero-order valence-electron chi connectivity index (χ0n) is 15.8. The third-order valence-electron chi connectivity index (χ3n) is 4.05. The molecule has 0 atom stereocenters. The van der Waals surface area contributed by atoms with Gasteiger partial charge < -0.3 is 0 Å². The van der Waals surface area contributed by atoms with Crippen LogP contribution < -0.4 is 5.43 Å². The van der Waals surface area contributed by atoms with Crippen molar-refractivity contribution in [3.8, 4) is 0 Å². The maximum absolute atomic E-state index is 11.9. The Morgan fingerprint density at radius 1 is 1.00 bits per heavy atom. The second-order valence-corrected chi connectivity index (χ2v) is 9.55. The number of nitrogens with one attached hydrogen (secondary N) is 1. The van der Waals surface area contributed by atoms with E-state index in [9.17, 15) is 4.79 Å². The van der Waals surface area contributed by atoms with Crippen LogP contribution in [0.2, 0.25) is 0 Å². The van der Waals surface area contributed by atoms with Crippen molar-refractivity contribution in [1.29, 1.82) is 0 Å². The van der Waals surface area contributed by atoms with Gasteiger partial charge in [0.2, 0.25) is 0 Å². The lowest BCUT2D eigenvalue weighted by atomic mass is 10.1. The Hall–Kier alpha value is -2.75. The molecule has 2 aromatic heterocycles. The third-order valence-corrected chi connectivity index (χ3v) is 7.29. The number of carbonyl (C=O) groups is 1. The summed E-state index contributed by atoms with van der Waals surface area (Å²) in [6, 6.07) is 18.3. The minimum atomic E-state index is -0.189. The number of hydrogen-bond acceptors (Lipinski definition) is 8. The fourth-order valence-electron chi connectivity index (χ4n) is 2.66. The number of aromatic nitrogens is 3. The zero-order valence-corrected chi connectivity index (χ0v) is 18.2. The summed E-state index contributed by atoms with van der Waals surface area (Å²) in [5.74, 6) is 0.867. The summed E-state index contributed by atoms with van der Waals surface area (Å²) in [5, 5.41) is 14.9. The van der Waals surface area contributed by atoms with Crippen molar-refractivity contribution in [3.05, 3.63) is 78.1 Å². The summed E-state index contributed by atoms with van der Waals surface area (Å²) in [6.45, 7) is 0. The lowest BCUT2D eigenvalue weighted by Gasteiger charge is -2.04. The molecule has 6 nitrogen and oxygen atoms in total. The molecular weight excluding hydrogens is 434 g/mol. The van der Waals surface area contributed by atoms with Crippen LogP contribution in [0.4, 0.5) is 0 Å². The number of amides is 1. The molecule has 1 N–H and O–H groups in total. The predicted octanol–water partition coefficient (Wildman–Crippen LogP) is 4.62. The van der Waals surface area contributed by atoms with E-state index in [1.165, 1.54) is 39.4 Å². The van der Waals surface area contributed by atoms with Crippen LogP contribution in [0.1, 0.15) is 11.1 Å². The average Bonchev–Trinajstić information content (AvgIpc) is 3.25. The number of fused-ring (bicyclic) bond motifs is 1. The number of nitrogens with zero attached hydrogens (tertiary/aromatic N) is 4. The lowest BCUT2D eigenvalue weighted by molar-refractivity contribution is -0.118. The van der Waals surface area contributed by atoms with Crippen molar-refractivity contribution in [2.75, 3.05) is 5.75 Å². The van der Waals surface area contributed by atoms with Crippen molar-refractivity contribution in [3.63, 3.8) is 0 Å². The van der Waals surface area contributed by atoms with Gasteiger partial charge in [-0.15, -0.1) is 10.2 Å². The monoisotopic (exact) mass is 451 g/mol. The molecule has 0 saturated carbocycles. The van der Waals surface area contributed by atoms with Crippen molar-refractivity contribution >= 4 is 57.8 Å². The van der Waals surface area contributed by atoms with Crippen LogP contribution >= 0.6 is 34.9 Å². The number of rotatable bonds is 8. The van der Waals surface area contributed by atoms with Crippen LogP contribution in [-0.4, -0.2) is 33.1 Å². The second kappa shape index (κ2) is 10.3. The molecule has 150 valence electrons. The molecule has 2 aromatic carbocycles. The highest BCUT2D eigenvalue weighted by Crippen LogP contribution is 2.32. The van der Waals surface area contributed by atoms with Crippen LogP contribution in [0.25, 0.3) is 10.8 Å². The normalized spacial score (nSPS) is 11.2. The van der Waals surface area contributed by atoms with E-state index in [-0.39, 0.29) is 11.7 Å². The molecule has 9 heteroatoms. The molecule has 0 aliphatic heterocycles. The van der Waals surface area contributed by atoms with Crippen molar-refractivity contribution < 1.29 is 4.79 Å². The van der Waals surface area contributed by atoms with Crippen LogP contribution in [0.15, 0.2) is 80.8 Å². The van der Waals surface area contributed by atoms with E-state index in [0.717, 1.165) is 20.0 Å². The van der Waals surface area contributed by atoms with E-state index in [1.54, 1.807) is 30.4 Å². The van der Waals surface area contributed by atoms with Crippen LogP contribution in [0, 0.1) is 0 Å². The third kappa shape index (κ3) is 5.65. The highest BCUT2D eigenvalue weighted by atomic mass is 32.2. The molecule has 0 saturated heterocycles. The zero-order chi connectivity index (χ0) is 20.6. The summed E-state index contributed by atoms with van der Waals surface area (Å²) in [4.78, 5) is 15.9. The molecule has 0 bridgehead atoms. The maximum Gasteiger partial charge on any atom is 0.250 e. The molecule has 1 amide bonds. The van der Waals surface area contributed by atoms with Gasteiger partial charge in [0.15, 0.2) is 8.68 Å². The predicted molar refractivity (Wildman–Crippen MR) is 124 cm³/mol. The van der Waals surface area contributed by atoms with Gasteiger partial charge in [-0.2, -0.15) is 5.10 Å². The molecule has 0 radical (unpaired) electrons. The Morgan fingerprint density at radius 3 is 2.63 bits per heavy atom. The maximum atomic E-state index is 11.9. The first kappa shape index (κ1) is 20.5. The van der Waals surface area contributed by atoms with Gasteiger partial charge in [-0.1, -0.05) is 77.3 Å². The van der Waals surface area contributed by atoms with Gasteiger partial charge in [-0.05, 0) is 34.0 Å². The van der Waals surface area contributed by atoms with Crippen molar-refractivity contribution in [2.45, 2.75) is 14.4 Å². The fourth-order valence-corrected chi connectivity index (χ4v) is 5.48. The van der Waals surface area contributed by atoms with Gasteiger partial charge in [0.25, 0.3) is 5.91 Å². The first-order chi connectivity index (χ1) is 14.8. The molecular formula is C21H17N5OS3. The van der Waals surface area contributed by atoms with Crippen LogP contribution in [0.3, 0.4) is 0 Å². The van der Waals surface area contributed by atoms with Gasteiger partial charge in [-0.3, -0.25) is 9.78 Å². The largest absolute Gasteiger partial charge is 0.272 e. The Balaban J connectivity index is 1.26. The SMILES string of the molecule is O=C(CSc1nnc(SCc2cccc3ccccc23)s1)N/N=C/c1ccncc1. The van der Waals surface area contributed by atoms with Gasteiger partial charge >= 0.3 is 0 Å². The minimum absolute atomic E-state index is 0.189. The smallest absolute Gasteiger partial charge is 0.250 e. The highest BCUT2D eigenvalue weighted by molar-refractivity contribution is 8.03. The summed E-state index contributed by atoms with van der Waals surface area (Å²) < 4.78 is 1.66. The Labute approximate surface area is 186 Å². The molecule has 0 aliphatic carbocycles. The molecule has 4 aromatic rings. The fraction of sp³-hybridized carbons (Fsp3) is 0.0952. The van der Waals surface area contributed by atoms with E-state index in [2.05, 4.69) is 62.1 Å². The highest BCUT2D eigenvalue weighted by Gasteiger charge is 2.09. The van der Waals surface area contributed by atoms with E-state index < -0.39 is 0 Å². The van der Waals surface area contributed by atoms with Gasteiger partial charge in [0, 0.05) is 18.1 Å². The molecule has 0 fully saturated rings. The van der Waals surface area contributed by atoms with Gasteiger partial charge in [0.05, 0.1) is 12.0 Å². The van der Waals surface area contributed by atoms with Gasteiger partial charge in [0.1, 0.15) is 0 Å². The number of thioether (sulfide) groups is 2. The molecule has 4 rings (SSSR count). The Morgan fingerprint density at radius 2 is 1.77 bits per heavy atom. The number of benzene rings is 2.